The Morgan fingerprint density at radius 3 is 2.81 bits per heavy atom. The molecule has 0 saturated carbocycles. The normalized spacial score (nSPS) is 10.4. The number of aryl methyl sites for hydroxylation is 1. The summed E-state index contributed by atoms with van der Waals surface area (Å²) in [6, 6.07) is 11.7. The maximum atomic E-state index is 13.6. The first-order chi connectivity index (χ1) is 12.4. The van der Waals surface area contributed by atoms with E-state index in [0.717, 1.165) is 11.1 Å². The van der Waals surface area contributed by atoms with Gasteiger partial charge in [0.2, 0.25) is 0 Å². The number of carbonyl (C=O) groups is 2. The quantitative estimate of drug-likeness (QED) is 0.649. The number of rotatable bonds is 9. The van der Waals surface area contributed by atoms with Gasteiger partial charge in [0.05, 0.1) is 6.42 Å². The van der Waals surface area contributed by atoms with Crippen molar-refractivity contribution in [1.82, 2.24) is 0 Å². The lowest BCUT2D eigenvalue weighted by molar-refractivity contribution is -0.136. The lowest BCUT2D eigenvalue weighted by atomic mass is 10.2. The van der Waals surface area contributed by atoms with Crippen molar-refractivity contribution in [3.8, 4) is 5.75 Å². The summed E-state index contributed by atoms with van der Waals surface area (Å²) in [5.74, 6) is -0.484. The Morgan fingerprint density at radius 2 is 2.04 bits per heavy atom. The number of hydrogen-bond acceptors (Lipinski definition) is 4. The van der Waals surface area contributed by atoms with E-state index in [9.17, 15) is 14.0 Å². The van der Waals surface area contributed by atoms with Crippen molar-refractivity contribution >= 4 is 29.3 Å². The topological polar surface area (TPSA) is 75.6 Å². The van der Waals surface area contributed by atoms with E-state index in [1.807, 2.05) is 25.1 Å². The molecule has 0 fully saturated rings. The first kappa shape index (κ1) is 19.8. The molecular weight excluding hydrogens is 357 g/mol. The van der Waals surface area contributed by atoms with Crippen LogP contribution in [0.1, 0.15) is 17.5 Å². The van der Waals surface area contributed by atoms with E-state index in [0.29, 0.717) is 17.2 Å². The van der Waals surface area contributed by atoms with Crippen molar-refractivity contribution in [3.63, 3.8) is 0 Å². The molecule has 5 nitrogen and oxygen atoms in total. The molecule has 7 heteroatoms. The first-order valence-corrected chi connectivity index (χ1v) is 9.17. The van der Waals surface area contributed by atoms with Crippen LogP contribution in [0.5, 0.6) is 5.75 Å². The third kappa shape index (κ3) is 6.76. The van der Waals surface area contributed by atoms with Gasteiger partial charge >= 0.3 is 5.97 Å². The molecule has 1 amide bonds. The molecule has 138 valence electrons. The molecule has 26 heavy (non-hydrogen) atoms. The number of benzene rings is 2. The minimum absolute atomic E-state index is 0.0451. The lowest BCUT2D eigenvalue weighted by Crippen LogP contribution is -2.20. The number of hydrogen-bond donors (Lipinski definition) is 2. The van der Waals surface area contributed by atoms with E-state index >= 15 is 0 Å². The number of ether oxygens (including phenoxy) is 1. The second-order valence-corrected chi connectivity index (χ2v) is 6.77. The average Bonchev–Trinajstić information content (AvgIpc) is 2.60. The van der Waals surface area contributed by atoms with Gasteiger partial charge in [0.25, 0.3) is 5.91 Å². The van der Waals surface area contributed by atoms with Crippen molar-refractivity contribution in [3.05, 3.63) is 59.4 Å². The minimum Gasteiger partial charge on any atom is -0.481 e. The Bertz CT molecular complexity index is 782. The molecule has 0 aliphatic heterocycles. The summed E-state index contributed by atoms with van der Waals surface area (Å²) in [5.41, 5.74) is 2.43. The number of amides is 1. The van der Waals surface area contributed by atoms with Crippen LogP contribution in [-0.2, 0) is 15.3 Å². The Hall–Kier alpha value is -2.54. The van der Waals surface area contributed by atoms with Gasteiger partial charge in [-0.3, -0.25) is 9.59 Å². The highest BCUT2D eigenvalue weighted by atomic mass is 32.2. The third-order valence-electron chi connectivity index (χ3n) is 3.39. The zero-order chi connectivity index (χ0) is 18.9. The monoisotopic (exact) mass is 377 g/mol. The number of thioether (sulfide) groups is 1. The number of nitrogens with one attached hydrogen (secondary N) is 1. The molecule has 0 heterocycles. The molecular formula is C19H20FNO4S. The van der Waals surface area contributed by atoms with Crippen LogP contribution in [-0.4, -0.2) is 29.3 Å². The average molecular weight is 377 g/mol. The molecule has 0 atom stereocenters. The maximum absolute atomic E-state index is 13.6. The van der Waals surface area contributed by atoms with Crippen molar-refractivity contribution < 1.29 is 23.8 Å². The molecule has 2 aromatic carbocycles. The smallest absolute Gasteiger partial charge is 0.304 e. The predicted octanol–water partition coefficient (Wildman–Crippen LogP) is 3.86. The van der Waals surface area contributed by atoms with Crippen LogP contribution < -0.4 is 10.1 Å². The van der Waals surface area contributed by atoms with Crippen molar-refractivity contribution in [1.29, 1.82) is 0 Å². The molecule has 2 N–H and O–H groups in total. The molecule has 0 aliphatic carbocycles. The van der Waals surface area contributed by atoms with Crippen LogP contribution in [0.3, 0.4) is 0 Å². The van der Waals surface area contributed by atoms with Gasteiger partial charge in [-0.05, 0) is 42.3 Å². The van der Waals surface area contributed by atoms with Crippen LogP contribution in [0.15, 0.2) is 42.5 Å². The van der Waals surface area contributed by atoms with E-state index in [-0.39, 0.29) is 24.7 Å². The van der Waals surface area contributed by atoms with Crippen LogP contribution in [0, 0.1) is 12.7 Å². The minimum atomic E-state index is -0.816. The van der Waals surface area contributed by atoms with E-state index in [1.54, 1.807) is 12.1 Å². The third-order valence-corrected chi connectivity index (χ3v) is 4.42. The van der Waals surface area contributed by atoms with Crippen molar-refractivity contribution in [2.24, 2.45) is 0 Å². The lowest BCUT2D eigenvalue weighted by Gasteiger charge is -2.10. The second kappa shape index (κ2) is 9.82. The van der Waals surface area contributed by atoms with Crippen LogP contribution >= 0.6 is 11.8 Å². The van der Waals surface area contributed by atoms with Gasteiger partial charge < -0.3 is 15.2 Å². The molecule has 0 aromatic heterocycles. The highest BCUT2D eigenvalue weighted by molar-refractivity contribution is 7.98. The van der Waals surface area contributed by atoms with Gasteiger partial charge in [-0.15, -0.1) is 0 Å². The van der Waals surface area contributed by atoms with Gasteiger partial charge in [0.15, 0.2) is 18.2 Å². The summed E-state index contributed by atoms with van der Waals surface area (Å²) in [4.78, 5) is 22.5. The molecule has 2 rings (SSSR count). The van der Waals surface area contributed by atoms with Gasteiger partial charge in [0.1, 0.15) is 0 Å². The largest absolute Gasteiger partial charge is 0.481 e. The van der Waals surface area contributed by atoms with Crippen molar-refractivity contribution in [2.75, 3.05) is 17.7 Å². The molecule has 0 radical (unpaired) electrons. The summed E-state index contributed by atoms with van der Waals surface area (Å²) in [5, 5.41) is 11.3. The van der Waals surface area contributed by atoms with E-state index in [1.165, 1.54) is 23.9 Å². The molecule has 0 saturated heterocycles. The standard InChI is InChI=1S/C19H20FNO4S/c1-13-5-6-16(20)17(9-13)25-11-18(22)21-15-4-2-3-14(10-15)12-26-8-7-19(23)24/h2-6,9-10H,7-8,11-12H2,1H3,(H,21,22)(H,23,24). The Labute approximate surface area is 155 Å². The van der Waals surface area contributed by atoms with Crippen LogP contribution in [0.4, 0.5) is 10.1 Å². The maximum Gasteiger partial charge on any atom is 0.304 e. The van der Waals surface area contributed by atoms with E-state index in [2.05, 4.69) is 5.32 Å². The molecule has 0 aliphatic rings. The van der Waals surface area contributed by atoms with Crippen LogP contribution in [0.2, 0.25) is 0 Å². The number of carboxylic acids is 1. The summed E-state index contributed by atoms with van der Waals surface area (Å²) in [6.07, 6.45) is 0.119. The van der Waals surface area contributed by atoms with Gasteiger partial charge in [-0.1, -0.05) is 18.2 Å². The zero-order valence-electron chi connectivity index (χ0n) is 14.3. The SMILES string of the molecule is Cc1ccc(F)c(OCC(=O)Nc2cccc(CSCCC(=O)O)c2)c1. The number of anilines is 1. The Morgan fingerprint density at radius 1 is 1.23 bits per heavy atom. The second-order valence-electron chi connectivity index (χ2n) is 5.67. The highest BCUT2D eigenvalue weighted by Crippen LogP contribution is 2.19. The van der Waals surface area contributed by atoms with Gasteiger partial charge in [-0.25, -0.2) is 4.39 Å². The highest BCUT2D eigenvalue weighted by Gasteiger charge is 2.08. The summed E-state index contributed by atoms with van der Waals surface area (Å²) < 4.78 is 18.8. The predicted molar refractivity (Wildman–Crippen MR) is 100 cm³/mol. The van der Waals surface area contributed by atoms with E-state index < -0.39 is 11.8 Å². The number of halogens is 1. The summed E-state index contributed by atoms with van der Waals surface area (Å²) >= 11 is 1.51. The molecule has 0 bridgehead atoms. The fourth-order valence-electron chi connectivity index (χ4n) is 2.15. The van der Waals surface area contributed by atoms with Crippen molar-refractivity contribution in [2.45, 2.75) is 19.1 Å². The van der Waals surface area contributed by atoms with Crippen LogP contribution in [0.25, 0.3) is 0 Å². The number of carbonyl (C=O) groups excluding carboxylic acids is 1. The Kier molecular flexibility index (Phi) is 7.47. The molecule has 0 spiro atoms. The number of carboxylic acid groups (broad SMARTS) is 1. The fraction of sp³-hybridized carbons (Fsp3) is 0.263. The number of aliphatic carboxylic acids is 1. The Balaban J connectivity index is 1.83. The van der Waals surface area contributed by atoms with Gasteiger partial charge in [0, 0.05) is 17.2 Å². The fourth-order valence-corrected chi connectivity index (χ4v) is 3.03. The molecule has 2 aromatic rings. The zero-order valence-corrected chi connectivity index (χ0v) is 15.1. The first-order valence-electron chi connectivity index (χ1n) is 8.01. The summed E-state index contributed by atoms with van der Waals surface area (Å²) in [7, 11) is 0. The van der Waals surface area contributed by atoms with E-state index in [4.69, 9.17) is 9.84 Å². The van der Waals surface area contributed by atoms with Gasteiger partial charge in [-0.2, -0.15) is 11.8 Å². The summed E-state index contributed by atoms with van der Waals surface area (Å²) in [6.45, 7) is 1.52. The molecule has 0 unspecified atom stereocenters.